The number of benzene rings is 1. The molecular weight excluding hydrogens is 222 g/mol. The highest BCUT2D eigenvalue weighted by atomic mass is 19.3. The summed E-state index contributed by atoms with van der Waals surface area (Å²) < 4.78 is 28.0. The number of nitrogens with two attached hydrogens (primary N) is 2. The Hall–Kier alpha value is -2.05. The van der Waals surface area contributed by atoms with E-state index in [2.05, 4.69) is 4.74 Å². The highest BCUT2D eigenvalue weighted by molar-refractivity contribution is 5.78. The van der Waals surface area contributed by atoms with E-state index in [1.54, 1.807) is 0 Å². The van der Waals surface area contributed by atoms with Crippen molar-refractivity contribution in [3.63, 3.8) is 0 Å². The summed E-state index contributed by atoms with van der Waals surface area (Å²) in [6, 6.07) is 2.25. The number of anilines is 2. The van der Waals surface area contributed by atoms with Gasteiger partial charge in [-0.2, -0.15) is 8.78 Å². The van der Waals surface area contributed by atoms with E-state index in [1.165, 1.54) is 0 Å². The maximum atomic E-state index is 11.9. The average Bonchev–Trinajstić information content (AvgIpc) is 2.11. The third kappa shape index (κ3) is 2.97. The minimum atomic E-state index is -3.00. The van der Waals surface area contributed by atoms with E-state index in [0.29, 0.717) is 0 Å². The zero-order valence-electron chi connectivity index (χ0n) is 8.11. The molecule has 0 amide bonds. The fraction of sp³-hybridized carbons (Fsp3) is 0.222. The van der Waals surface area contributed by atoms with E-state index >= 15 is 0 Å². The van der Waals surface area contributed by atoms with Crippen molar-refractivity contribution in [3.05, 3.63) is 17.7 Å². The molecule has 1 aromatic rings. The normalized spacial score (nSPS) is 10.4. The molecule has 0 aliphatic rings. The number of alkyl halides is 2. The van der Waals surface area contributed by atoms with Crippen LogP contribution in [0.3, 0.4) is 0 Å². The maximum absolute atomic E-state index is 11.9. The number of nitrogen functional groups attached to an aromatic ring is 2. The third-order valence-corrected chi connectivity index (χ3v) is 1.84. The lowest BCUT2D eigenvalue weighted by molar-refractivity contribution is -0.136. The summed E-state index contributed by atoms with van der Waals surface area (Å²) in [5, 5.41) is 8.57. The summed E-state index contributed by atoms with van der Waals surface area (Å²) in [6.45, 7) is -3.00. The summed E-state index contributed by atoms with van der Waals surface area (Å²) in [7, 11) is 0. The van der Waals surface area contributed by atoms with Crippen LogP contribution in [0.2, 0.25) is 0 Å². The monoisotopic (exact) mass is 232 g/mol. The summed E-state index contributed by atoms with van der Waals surface area (Å²) in [6.07, 6.45) is -0.406. The molecule has 5 nitrogen and oxygen atoms in total. The predicted octanol–water partition coefficient (Wildman–Crippen LogP) is 1.08. The molecule has 1 rings (SSSR count). The molecule has 5 N–H and O–H groups in total. The van der Waals surface area contributed by atoms with Crippen molar-refractivity contribution < 1.29 is 23.4 Å². The van der Waals surface area contributed by atoms with Crippen LogP contribution >= 0.6 is 0 Å². The van der Waals surface area contributed by atoms with Crippen molar-refractivity contribution >= 4 is 17.3 Å². The molecule has 0 radical (unpaired) electrons. The van der Waals surface area contributed by atoms with Gasteiger partial charge in [0.15, 0.2) is 0 Å². The van der Waals surface area contributed by atoms with Gasteiger partial charge in [-0.15, -0.1) is 0 Å². The predicted molar refractivity (Wildman–Crippen MR) is 53.2 cm³/mol. The summed E-state index contributed by atoms with van der Waals surface area (Å²) in [4.78, 5) is 10.5. The van der Waals surface area contributed by atoms with Crippen LogP contribution < -0.4 is 16.2 Å². The number of ether oxygens (including phenoxy) is 1. The second-order valence-electron chi connectivity index (χ2n) is 3.03. The van der Waals surface area contributed by atoms with Gasteiger partial charge in [-0.1, -0.05) is 0 Å². The van der Waals surface area contributed by atoms with Gasteiger partial charge in [0.25, 0.3) is 0 Å². The van der Waals surface area contributed by atoms with Crippen molar-refractivity contribution in [2.45, 2.75) is 13.0 Å². The van der Waals surface area contributed by atoms with Gasteiger partial charge in [-0.25, -0.2) is 0 Å². The summed E-state index contributed by atoms with van der Waals surface area (Å²) >= 11 is 0. The molecule has 0 heterocycles. The van der Waals surface area contributed by atoms with Crippen molar-refractivity contribution in [3.8, 4) is 5.75 Å². The van der Waals surface area contributed by atoms with Gasteiger partial charge in [-0.05, 0) is 11.6 Å². The van der Waals surface area contributed by atoms with Gasteiger partial charge in [0.1, 0.15) is 5.75 Å². The van der Waals surface area contributed by atoms with Gasteiger partial charge < -0.3 is 21.3 Å². The number of hydrogen-bond acceptors (Lipinski definition) is 4. The molecule has 1 aromatic carbocycles. The van der Waals surface area contributed by atoms with Crippen LogP contribution in [0.15, 0.2) is 12.1 Å². The Morgan fingerprint density at radius 2 is 2.06 bits per heavy atom. The summed E-state index contributed by atoms with van der Waals surface area (Å²) in [5.41, 5.74) is 11.1. The first kappa shape index (κ1) is 12.0. The highest BCUT2D eigenvalue weighted by Gasteiger charge is 2.12. The van der Waals surface area contributed by atoms with Gasteiger partial charge in [0.2, 0.25) is 0 Å². The molecule has 0 spiro atoms. The highest BCUT2D eigenvalue weighted by Crippen LogP contribution is 2.28. The minimum absolute atomic E-state index is 0.00870. The van der Waals surface area contributed by atoms with Gasteiger partial charge in [-0.3, -0.25) is 4.79 Å². The molecule has 0 saturated carbocycles. The van der Waals surface area contributed by atoms with E-state index in [1.807, 2.05) is 0 Å². The second kappa shape index (κ2) is 4.65. The van der Waals surface area contributed by atoms with Gasteiger partial charge in [0.05, 0.1) is 17.8 Å². The molecule has 0 saturated heterocycles. The van der Waals surface area contributed by atoms with Crippen LogP contribution in [-0.2, 0) is 11.2 Å². The largest absolute Gasteiger partial charge is 0.481 e. The Morgan fingerprint density at radius 3 is 2.56 bits per heavy atom. The lowest BCUT2D eigenvalue weighted by Crippen LogP contribution is -2.08. The van der Waals surface area contributed by atoms with E-state index in [0.717, 1.165) is 12.1 Å². The van der Waals surface area contributed by atoms with Crippen LogP contribution in [0, 0.1) is 0 Å². The van der Waals surface area contributed by atoms with Crippen LogP contribution in [0.5, 0.6) is 5.75 Å². The lowest BCUT2D eigenvalue weighted by atomic mass is 10.1. The summed E-state index contributed by atoms with van der Waals surface area (Å²) in [5.74, 6) is -1.35. The molecule has 0 aliphatic carbocycles. The topological polar surface area (TPSA) is 98.6 Å². The second-order valence-corrected chi connectivity index (χ2v) is 3.03. The average molecular weight is 232 g/mol. The van der Waals surface area contributed by atoms with E-state index in [9.17, 15) is 13.6 Å². The molecule has 0 fully saturated rings. The molecule has 16 heavy (non-hydrogen) atoms. The molecular formula is C9H10F2N2O3. The van der Waals surface area contributed by atoms with Crippen molar-refractivity contribution in [1.29, 1.82) is 0 Å². The molecule has 0 unspecified atom stereocenters. The number of carboxylic acids is 1. The molecule has 0 aliphatic heterocycles. The van der Waals surface area contributed by atoms with Crippen LogP contribution in [0.25, 0.3) is 0 Å². The Bertz CT molecular complexity index is 410. The first-order chi connectivity index (χ1) is 7.40. The van der Waals surface area contributed by atoms with Crippen LogP contribution in [0.4, 0.5) is 20.2 Å². The van der Waals surface area contributed by atoms with Crippen molar-refractivity contribution in [1.82, 2.24) is 0 Å². The third-order valence-electron chi connectivity index (χ3n) is 1.84. The Kier molecular flexibility index (Phi) is 3.49. The SMILES string of the molecule is Nc1cc(OC(F)F)cc(CC(=O)O)c1N. The molecule has 88 valence electrons. The first-order valence-electron chi connectivity index (χ1n) is 4.24. The fourth-order valence-electron chi connectivity index (χ4n) is 1.19. The number of carboxylic acid groups (broad SMARTS) is 1. The van der Waals surface area contributed by atoms with E-state index < -0.39 is 19.0 Å². The fourth-order valence-corrected chi connectivity index (χ4v) is 1.19. The van der Waals surface area contributed by atoms with Crippen LogP contribution in [0.1, 0.15) is 5.56 Å². The van der Waals surface area contributed by atoms with Crippen LogP contribution in [-0.4, -0.2) is 17.7 Å². The number of rotatable bonds is 4. The maximum Gasteiger partial charge on any atom is 0.387 e. The van der Waals surface area contributed by atoms with E-state index in [-0.39, 0.29) is 22.7 Å². The molecule has 7 heteroatoms. The van der Waals surface area contributed by atoms with E-state index in [4.69, 9.17) is 16.6 Å². The smallest absolute Gasteiger partial charge is 0.387 e. The molecule has 0 aromatic heterocycles. The lowest BCUT2D eigenvalue weighted by Gasteiger charge is -2.10. The standard InChI is InChI=1S/C9H10F2N2O3/c10-9(11)16-5-1-4(2-7(14)15)8(13)6(12)3-5/h1,3,9H,2,12-13H2,(H,14,15). The number of halogens is 2. The van der Waals surface area contributed by atoms with Gasteiger partial charge in [0, 0.05) is 6.07 Å². The number of hydrogen-bond donors (Lipinski definition) is 3. The Morgan fingerprint density at radius 1 is 1.44 bits per heavy atom. The zero-order valence-corrected chi connectivity index (χ0v) is 8.11. The number of aliphatic carboxylic acids is 1. The van der Waals surface area contributed by atoms with Crippen molar-refractivity contribution in [2.24, 2.45) is 0 Å². The van der Waals surface area contributed by atoms with Crippen molar-refractivity contribution in [2.75, 3.05) is 11.5 Å². The molecule has 0 atom stereocenters. The minimum Gasteiger partial charge on any atom is -0.481 e. The Balaban J connectivity index is 3.06. The quantitative estimate of drug-likeness (QED) is 0.674. The first-order valence-corrected chi connectivity index (χ1v) is 4.24. The zero-order chi connectivity index (χ0) is 12.3. The Labute approximate surface area is 89.6 Å². The van der Waals surface area contributed by atoms with Gasteiger partial charge >= 0.3 is 12.6 Å². The molecule has 0 bridgehead atoms. The number of carbonyl (C=O) groups is 1.